The Morgan fingerprint density at radius 1 is 1.29 bits per heavy atom. The SMILES string of the molecule is Cc1cc(C(=O)O)c(NC(=O)C=Cc2ccc(F)cc2)s1. The summed E-state index contributed by atoms with van der Waals surface area (Å²) in [5, 5.41) is 11.9. The number of thiophene rings is 1. The molecule has 1 heterocycles. The van der Waals surface area contributed by atoms with Gasteiger partial charge in [-0.1, -0.05) is 12.1 Å². The van der Waals surface area contributed by atoms with Crippen molar-refractivity contribution in [3.8, 4) is 0 Å². The Kier molecular flexibility index (Phi) is 4.49. The van der Waals surface area contributed by atoms with Gasteiger partial charge in [0.25, 0.3) is 0 Å². The quantitative estimate of drug-likeness (QED) is 0.849. The third-order valence-corrected chi connectivity index (χ3v) is 3.59. The first-order valence-electron chi connectivity index (χ1n) is 6.04. The molecule has 2 aromatic rings. The van der Waals surface area contributed by atoms with Crippen LogP contribution in [0.5, 0.6) is 0 Å². The average molecular weight is 305 g/mol. The van der Waals surface area contributed by atoms with Crippen molar-refractivity contribution in [1.29, 1.82) is 0 Å². The Labute approximate surface area is 124 Å². The number of carboxylic acid groups (broad SMARTS) is 1. The van der Waals surface area contributed by atoms with Gasteiger partial charge >= 0.3 is 5.97 Å². The van der Waals surface area contributed by atoms with E-state index in [1.165, 1.54) is 53.8 Å². The van der Waals surface area contributed by atoms with E-state index in [1.807, 2.05) is 0 Å². The fourth-order valence-corrected chi connectivity index (χ4v) is 2.57. The normalized spacial score (nSPS) is 10.8. The first kappa shape index (κ1) is 14.9. The maximum atomic E-state index is 12.7. The predicted molar refractivity (Wildman–Crippen MR) is 80.1 cm³/mol. The molecule has 0 radical (unpaired) electrons. The zero-order chi connectivity index (χ0) is 15.4. The van der Waals surface area contributed by atoms with E-state index in [9.17, 15) is 14.0 Å². The predicted octanol–water partition coefficient (Wildman–Crippen LogP) is 3.55. The lowest BCUT2D eigenvalue weighted by molar-refractivity contribution is -0.111. The average Bonchev–Trinajstić information content (AvgIpc) is 2.79. The molecule has 0 aliphatic heterocycles. The summed E-state index contributed by atoms with van der Waals surface area (Å²) in [4.78, 5) is 23.6. The second kappa shape index (κ2) is 6.32. The lowest BCUT2D eigenvalue weighted by atomic mass is 10.2. The van der Waals surface area contributed by atoms with E-state index in [1.54, 1.807) is 6.92 Å². The smallest absolute Gasteiger partial charge is 0.338 e. The lowest BCUT2D eigenvalue weighted by Crippen LogP contribution is -2.09. The van der Waals surface area contributed by atoms with E-state index >= 15 is 0 Å². The lowest BCUT2D eigenvalue weighted by Gasteiger charge is -2.00. The van der Waals surface area contributed by atoms with Crippen molar-refractivity contribution in [2.45, 2.75) is 6.92 Å². The molecule has 2 N–H and O–H groups in total. The summed E-state index contributed by atoms with van der Waals surface area (Å²) in [5.74, 6) is -1.88. The molecule has 0 unspecified atom stereocenters. The number of aryl methyl sites for hydroxylation is 1. The molecule has 1 aromatic heterocycles. The van der Waals surface area contributed by atoms with Crippen LogP contribution in [-0.2, 0) is 4.79 Å². The molecule has 108 valence electrons. The molecule has 0 saturated carbocycles. The summed E-state index contributed by atoms with van der Waals surface area (Å²) in [7, 11) is 0. The van der Waals surface area contributed by atoms with Gasteiger partial charge in [-0.3, -0.25) is 4.79 Å². The highest BCUT2D eigenvalue weighted by Crippen LogP contribution is 2.27. The van der Waals surface area contributed by atoms with E-state index < -0.39 is 11.9 Å². The summed E-state index contributed by atoms with van der Waals surface area (Å²) in [6, 6.07) is 7.17. The number of halogens is 1. The van der Waals surface area contributed by atoms with E-state index in [2.05, 4.69) is 5.32 Å². The monoisotopic (exact) mass is 305 g/mol. The maximum Gasteiger partial charge on any atom is 0.338 e. The van der Waals surface area contributed by atoms with Crippen molar-refractivity contribution >= 4 is 34.3 Å². The molecular formula is C15H12FNO3S. The minimum Gasteiger partial charge on any atom is -0.478 e. The molecule has 21 heavy (non-hydrogen) atoms. The van der Waals surface area contributed by atoms with Gasteiger partial charge in [-0.05, 0) is 36.8 Å². The van der Waals surface area contributed by atoms with E-state index in [0.29, 0.717) is 10.6 Å². The second-order valence-corrected chi connectivity index (χ2v) is 5.54. The molecule has 0 spiro atoms. The topological polar surface area (TPSA) is 66.4 Å². The van der Waals surface area contributed by atoms with Crippen LogP contribution in [0, 0.1) is 12.7 Å². The van der Waals surface area contributed by atoms with Crippen molar-refractivity contribution in [2.24, 2.45) is 0 Å². The Morgan fingerprint density at radius 2 is 1.95 bits per heavy atom. The standard InChI is InChI=1S/C15H12FNO3S/c1-9-8-12(15(19)20)14(21-9)17-13(18)7-4-10-2-5-11(16)6-3-10/h2-8H,1H3,(H,17,18)(H,19,20). The van der Waals surface area contributed by atoms with Crippen LogP contribution in [0.3, 0.4) is 0 Å². The summed E-state index contributed by atoms with van der Waals surface area (Å²) >= 11 is 1.20. The van der Waals surface area contributed by atoms with Gasteiger partial charge in [0.2, 0.25) is 5.91 Å². The number of anilines is 1. The number of benzene rings is 1. The molecule has 0 atom stereocenters. The Morgan fingerprint density at radius 3 is 2.57 bits per heavy atom. The molecule has 2 rings (SSSR count). The highest BCUT2D eigenvalue weighted by Gasteiger charge is 2.14. The van der Waals surface area contributed by atoms with Gasteiger partial charge in [0.1, 0.15) is 10.8 Å². The van der Waals surface area contributed by atoms with Crippen molar-refractivity contribution in [3.05, 3.63) is 58.2 Å². The van der Waals surface area contributed by atoms with Crippen LogP contribution >= 0.6 is 11.3 Å². The van der Waals surface area contributed by atoms with Gasteiger partial charge in [-0.2, -0.15) is 0 Å². The number of aromatic carboxylic acids is 1. The summed E-state index contributed by atoms with van der Waals surface area (Å²) < 4.78 is 12.7. The van der Waals surface area contributed by atoms with Gasteiger partial charge in [0, 0.05) is 11.0 Å². The molecule has 1 amide bonds. The zero-order valence-corrected chi connectivity index (χ0v) is 11.9. The number of carboxylic acids is 1. The van der Waals surface area contributed by atoms with Gasteiger partial charge in [-0.25, -0.2) is 9.18 Å². The highest BCUT2D eigenvalue weighted by molar-refractivity contribution is 7.16. The summed E-state index contributed by atoms with van der Waals surface area (Å²) in [6.07, 6.45) is 2.80. The number of amides is 1. The van der Waals surface area contributed by atoms with E-state index in [4.69, 9.17) is 5.11 Å². The van der Waals surface area contributed by atoms with Gasteiger partial charge in [0.05, 0.1) is 5.56 Å². The third-order valence-electron chi connectivity index (χ3n) is 2.62. The Balaban J connectivity index is 2.08. The largest absolute Gasteiger partial charge is 0.478 e. The number of nitrogens with one attached hydrogen (secondary N) is 1. The van der Waals surface area contributed by atoms with Crippen LogP contribution in [0.2, 0.25) is 0 Å². The first-order chi connectivity index (χ1) is 9.95. The summed E-state index contributed by atoms with van der Waals surface area (Å²) in [6.45, 7) is 1.76. The molecule has 6 heteroatoms. The van der Waals surface area contributed by atoms with Crippen LogP contribution in [0.15, 0.2) is 36.4 Å². The molecular weight excluding hydrogens is 293 g/mol. The van der Waals surface area contributed by atoms with Crippen LogP contribution in [0.1, 0.15) is 20.8 Å². The Bertz CT molecular complexity index is 704. The minimum absolute atomic E-state index is 0.0704. The van der Waals surface area contributed by atoms with Crippen LogP contribution in [0.25, 0.3) is 6.08 Å². The zero-order valence-electron chi connectivity index (χ0n) is 11.1. The molecule has 0 bridgehead atoms. The third kappa shape index (κ3) is 4.00. The van der Waals surface area contributed by atoms with E-state index in [0.717, 1.165) is 4.88 Å². The van der Waals surface area contributed by atoms with Crippen molar-refractivity contribution in [2.75, 3.05) is 5.32 Å². The number of hydrogen-bond acceptors (Lipinski definition) is 3. The molecule has 1 aromatic carbocycles. The Hall–Kier alpha value is -2.47. The first-order valence-corrected chi connectivity index (χ1v) is 6.85. The number of carbonyl (C=O) groups excluding carboxylic acids is 1. The van der Waals surface area contributed by atoms with Crippen molar-refractivity contribution < 1.29 is 19.1 Å². The highest BCUT2D eigenvalue weighted by atomic mass is 32.1. The van der Waals surface area contributed by atoms with Crippen LogP contribution < -0.4 is 5.32 Å². The second-order valence-electron chi connectivity index (χ2n) is 4.28. The van der Waals surface area contributed by atoms with E-state index in [-0.39, 0.29) is 11.4 Å². The van der Waals surface area contributed by atoms with Crippen LogP contribution in [-0.4, -0.2) is 17.0 Å². The van der Waals surface area contributed by atoms with Gasteiger partial charge in [-0.15, -0.1) is 11.3 Å². The molecule has 0 aliphatic rings. The van der Waals surface area contributed by atoms with Gasteiger partial charge in [0.15, 0.2) is 0 Å². The molecule has 0 aliphatic carbocycles. The molecule has 0 fully saturated rings. The maximum absolute atomic E-state index is 12.7. The number of carbonyl (C=O) groups is 2. The van der Waals surface area contributed by atoms with Crippen molar-refractivity contribution in [3.63, 3.8) is 0 Å². The summed E-state index contributed by atoms with van der Waals surface area (Å²) in [5.41, 5.74) is 0.744. The number of rotatable bonds is 4. The fraction of sp³-hybridized carbons (Fsp3) is 0.0667. The van der Waals surface area contributed by atoms with Crippen LogP contribution in [0.4, 0.5) is 9.39 Å². The fourth-order valence-electron chi connectivity index (χ4n) is 1.67. The number of hydrogen-bond donors (Lipinski definition) is 2. The van der Waals surface area contributed by atoms with Gasteiger partial charge < -0.3 is 10.4 Å². The minimum atomic E-state index is -1.09. The molecule has 0 saturated heterocycles. The van der Waals surface area contributed by atoms with Crippen molar-refractivity contribution in [1.82, 2.24) is 0 Å². The molecule has 4 nitrogen and oxygen atoms in total.